The summed E-state index contributed by atoms with van der Waals surface area (Å²) in [6.45, 7) is 6.34. The summed E-state index contributed by atoms with van der Waals surface area (Å²) in [7, 11) is -3.92. The molecule has 0 saturated carbocycles. The second kappa shape index (κ2) is 5.53. The van der Waals surface area contributed by atoms with Gasteiger partial charge in [0.25, 0.3) is 0 Å². The molecular formula is C10H16O3S2. The number of hydrogen-bond acceptors (Lipinski definition) is 3. The first kappa shape index (κ1) is 14.5. The minimum Gasteiger partial charge on any atom is -0.748 e. The van der Waals surface area contributed by atoms with Crippen LogP contribution in [0, 0.1) is 20.8 Å². The average Bonchev–Trinajstić information content (AvgIpc) is 1.96. The molecule has 0 fully saturated rings. The predicted molar refractivity (Wildman–Crippen MR) is 64.7 cm³/mol. The molecular weight excluding hydrogens is 232 g/mol. The highest BCUT2D eigenvalue weighted by atomic mass is 32.2. The van der Waals surface area contributed by atoms with Crippen molar-refractivity contribution in [1.82, 2.24) is 0 Å². The van der Waals surface area contributed by atoms with Crippen molar-refractivity contribution in [2.45, 2.75) is 25.7 Å². The van der Waals surface area contributed by atoms with Gasteiger partial charge < -0.3 is 4.55 Å². The summed E-state index contributed by atoms with van der Waals surface area (Å²) >= 11 is 3.56. The normalized spacial score (nSPS) is 10.5. The molecule has 0 atom stereocenters. The van der Waals surface area contributed by atoms with Gasteiger partial charge in [-0.3, -0.25) is 0 Å². The molecule has 0 unspecified atom stereocenters. The highest BCUT2D eigenvalue weighted by Crippen LogP contribution is 2.14. The highest BCUT2D eigenvalue weighted by Gasteiger charge is 2.02. The van der Waals surface area contributed by atoms with E-state index in [1.807, 2.05) is 0 Å². The summed E-state index contributed by atoms with van der Waals surface area (Å²) in [4.78, 5) is 1.23. The Kier molecular flexibility index (Phi) is 5.34. The standard InChI is InChI=1S/C9H12S.CH4O3S/c1-6-4-7(2)9(10)8(3)5-6;1-5(2,3)4/h4-5,10H,1-3H3;1H3,(H,2,3,4). The van der Waals surface area contributed by atoms with Crippen LogP contribution in [0.5, 0.6) is 0 Å². The Morgan fingerprint density at radius 2 is 1.40 bits per heavy atom. The van der Waals surface area contributed by atoms with Crippen molar-refractivity contribution in [2.24, 2.45) is 0 Å². The van der Waals surface area contributed by atoms with Crippen LogP contribution in [0.2, 0.25) is 0 Å². The molecule has 0 aliphatic heterocycles. The summed E-state index contributed by atoms with van der Waals surface area (Å²) in [5, 5.41) is 0. The summed E-state index contributed by atoms with van der Waals surface area (Å²) in [5.74, 6) is 0. The van der Waals surface area contributed by atoms with Gasteiger partial charge >= 0.3 is 0 Å². The van der Waals surface area contributed by atoms with Gasteiger partial charge in [-0.15, -0.1) is 0 Å². The smallest absolute Gasteiger partial charge is 0.156 e. The maximum Gasteiger partial charge on any atom is 0.156 e. The molecule has 0 aliphatic carbocycles. The molecule has 0 radical (unpaired) electrons. The maximum absolute atomic E-state index is 9.08. The van der Waals surface area contributed by atoms with Crippen molar-refractivity contribution >= 4 is 22.7 Å². The lowest BCUT2D eigenvalue weighted by Crippen LogP contribution is -1.88. The quantitative estimate of drug-likeness (QED) is 0.511. The average molecular weight is 248 g/mol. The predicted octanol–water partition coefficient (Wildman–Crippen LogP) is 1.14. The second-order valence-electron chi connectivity index (χ2n) is 3.48. The van der Waals surface area contributed by atoms with Crippen molar-refractivity contribution in [1.29, 1.82) is 0 Å². The molecule has 0 N–H and O–H groups in total. The molecule has 1 aromatic rings. The molecule has 0 heterocycles. The number of rotatable bonds is 0. The molecule has 0 aliphatic rings. The first-order valence-electron chi connectivity index (χ1n) is 4.31. The van der Waals surface area contributed by atoms with Crippen LogP contribution in [0.1, 0.15) is 16.7 Å². The molecule has 1 rings (SSSR count). The zero-order chi connectivity index (χ0) is 12.2. The fourth-order valence-corrected chi connectivity index (χ4v) is 1.32. The molecule has 3 nitrogen and oxygen atoms in total. The van der Waals surface area contributed by atoms with Gasteiger partial charge in [-0.05, 0) is 33.4 Å². The van der Waals surface area contributed by atoms with E-state index in [2.05, 4.69) is 45.5 Å². The molecule has 86 valence electrons. The molecule has 5 heteroatoms. The molecule has 0 saturated heterocycles. The van der Waals surface area contributed by atoms with Crippen LogP contribution < -0.4 is 0 Å². The maximum atomic E-state index is 9.08. The number of hydrogen-bond donors (Lipinski definition) is 0. The Morgan fingerprint density at radius 3 is 1.67 bits per heavy atom. The van der Waals surface area contributed by atoms with Crippen LogP contribution in [0.3, 0.4) is 0 Å². The van der Waals surface area contributed by atoms with Gasteiger partial charge in [0, 0.05) is 17.4 Å². The van der Waals surface area contributed by atoms with E-state index in [0.717, 1.165) is 0 Å². The number of benzene rings is 1. The largest absolute Gasteiger partial charge is 0.748 e. The van der Waals surface area contributed by atoms with E-state index in [0.29, 0.717) is 6.26 Å². The topological polar surface area (TPSA) is 57.2 Å². The number of aryl methyl sites for hydroxylation is 3. The lowest BCUT2D eigenvalue weighted by atomic mass is 10.1. The fraction of sp³-hybridized carbons (Fsp3) is 0.400. The molecule has 0 spiro atoms. The summed E-state index contributed by atoms with van der Waals surface area (Å²) in [5.41, 5.74) is 3.96. The summed E-state index contributed by atoms with van der Waals surface area (Å²) in [6, 6.07) is 4.35. The molecule has 0 aromatic heterocycles. The van der Waals surface area contributed by atoms with E-state index < -0.39 is 10.1 Å². The molecule has 1 aromatic carbocycles. The van der Waals surface area contributed by atoms with Gasteiger partial charge in [-0.2, -0.15) is 0 Å². The summed E-state index contributed by atoms with van der Waals surface area (Å²) < 4.78 is 27.2. The summed E-state index contributed by atoms with van der Waals surface area (Å²) in [6.07, 6.45) is 0.604. The zero-order valence-electron chi connectivity index (χ0n) is 9.29. The van der Waals surface area contributed by atoms with Crippen LogP contribution in [0.25, 0.3) is 0 Å². The van der Waals surface area contributed by atoms with Crippen molar-refractivity contribution < 1.29 is 13.0 Å². The lowest BCUT2D eigenvalue weighted by molar-refractivity contribution is 0.470. The van der Waals surface area contributed by atoms with Crippen molar-refractivity contribution in [3.63, 3.8) is 0 Å². The Labute approximate surface area is 96.7 Å². The van der Waals surface area contributed by atoms with E-state index in [-0.39, 0.29) is 0 Å². The first-order valence-corrected chi connectivity index (χ1v) is 6.63. The Bertz CT molecular complexity index is 405. The van der Waals surface area contributed by atoms with Crippen molar-refractivity contribution in [2.75, 3.05) is 6.26 Å². The Hall–Kier alpha value is -0.520. The van der Waals surface area contributed by atoms with Gasteiger partial charge in [0.1, 0.15) is 0 Å². The van der Waals surface area contributed by atoms with Crippen LogP contribution in [-0.4, -0.2) is 19.2 Å². The molecule has 0 amide bonds. The van der Waals surface area contributed by atoms with E-state index in [1.54, 1.807) is 0 Å². The minimum absolute atomic E-state index is 0.604. The van der Waals surface area contributed by atoms with Crippen molar-refractivity contribution in [3.8, 4) is 0 Å². The monoisotopic (exact) mass is 248 g/mol. The lowest BCUT2D eigenvalue weighted by Gasteiger charge is -1.99. The van der Waals surface area contributed by atoms with Gasteiger partial charge in [-0.25, -0.2) is 8.42 Å². The first-order chi connectivity index (χ1) is 6.61. The van der Waals surface area contributed by atoms with Gasteiger partial charge in [-0.1, -0.05) is 17.7 Å². The van der Waals surface area contributed by atoms with Gasteiger partial charge in [0.15, 0.2) is 4.90 Å². The van der Waals surface area contributed by atoms with Crippen LogP contribution in [0.15, 0.2) is 17.0 Å². The third-order valence-corrected chi connectivity index (χ3v) is 2.47. The minimum atomic E-state index is -3.92. The molecule has 0 bridgehead atoms. The van der Waals surface area contributed by atoms with E-state index >= 15 is 0 Å². The van der Waals surface area contributed by atoms with Gasteiger partial charge in [0.2, 0.25) is 0 Å². The third-order valence-electron chi connectivity index (χ3n) is 1.68. The zero-order valence-corrected chi connectivity index (χ0v) is 11.1. The van der Waals surface area contributed by atoms with E-state index in [9.17, 15) is 0 Å². The fourth-order valence-electron chi connectivity index (χ4n) is 1.18. The van der Waals surface area contributed by atoms with Crippen LogP contribution in [-0.2, 0) is 22.7 Å². The Balaban J connectivity index is 0.000000336. The van der Waals surface area contributed by atoms with Crippen LogP contribution in [0.4, 0.5) is 0 Å². The van der Waals surface area contributed by atoms with E-state index in [4.69, 9.17) is 13.0 Å². The van der Waals surface area contributed by atoms with Crippen molar-refractivity contribution in [3.05, 3.63) is 28.8 Å². The van der Waals surface area contributed by atoms with Crippen LogP contribution >= 0.6 is 0 Å². The highest BCUT2D eigenvalue weighted by molar-refractivity contribution is 7.84. The van der Waals surface area contributed by atoms with Gasteiger partial charge in [0.05, 0.1) is 10.1 Å². The third kappa shape index (κ3) is 7.41. The SMILES string of the molecule is CS(=O)(=O)[O-].Cc1cc(C)c([SH2+])c(C)c1. The Morgan fingerprint density at radius 1 is 1.13 bits per heavy atom. The van der Waals surface area contributed by atoms with E-state index in [1.165, 1.54) is 21.6 Å². The second-order valence-corrected chi connectivity index (χ2v) is 5.39. The molecule has 15 heavy (non-hydrogen) atoms.